The predicted octanol–water partition coefficient (Wildman–Crippen LogP) is 3.75. The van der Waals surface area contributed by atoms with Gasteiger partial charge in [0.2, 0.25) is 0 Å². The number of benzene rings is 1. The average Bonchev–Trinajstić information content (AvgIpc) is 3.01. The number of aromatic nitrogens is 2. The monoisotopic (exact) mass is 284 g/mol. The lowest BCUT2D eigenvalue weighted by atomic mass is 10.1. The van der Waals surface area contributed by atoms with Gasteiger partial charge in [-0.05, 0) is 32.9 Å². The molecule has 2 heterocycles. The third-order valence-electron chi connectivity index (χ3n) is 3.29. The molecule has 0 bridgehead atoms. The van der Waals surface area contributed by atoms with Gasteiger partial charge in [0, 0.05) is 11.6 Å². The molecule has 0 saturated carbocycles. The molecule has 0 amide bonds. The van der Waals surface area contributed by atoms with E-state index in [1.807, 2.05) is 51.1 Å². The SMILES string of the molecule is CC(C)(C)n1cc(C(=O)O)c(-c2cc3ccccc3o2)n1. The van der Waals surface area contributed by atoms with Gasteiger partial charge in [-0.1, -0.05) is 18.2 Å². The van der Waals surface area contributed by atoms with E-state index in [1.165, 1.54) is 0 Å². The maximum absolute atomic E-state index is 11.5. The first kappa shape index (κ1) is 13.4. The standard InChI is InChI=1S/C16H16N2O3/c1-16(2,3)18-9-11(15(19)20)14(17-18)13-8-10-6-4-5-7-12(10)21-13/h4-9H,1-3H3,(H,19,20). The Bertz CT molecular complexity index is 789. The van der Waals surface area contributed by atoms with Crippen LogP contribution < -0.4 is 0 Å². The second kappa shape index (κ2) is 4.48. The van der Waals surface area contributed by atoms with Crippen LogP contribution in [0.25, 0.3) is 22.4 Å². The molecular weight excluding hydrogens is 268 g/mol. The van der Waals surface area contributed by atoms with Gasteiger partial charge in [0.05, 0.1) is 5.54 Å². The summed E-state index contributed by atoms with van der Waals surface area (Å²) in [4.78, 5) is 11.5. The van der Waals surface area contributed by atoms with Crippen LogP contribution in [-0.2, 0) is 5.54 Å². The second-order valence-electron chi connectivity index (χ2n) is 5.96. The molecule has 0 atom stereocenters. The van der Waals surface area contributed by atoms with Crippen molar-refractivity contribution in [3.8, 4) is 11.5 Å². The zero-order chi connectivity index (χ0) is 15.2. The predicted molar refractivity (Wildman–Crippen MR) is 79.4 cm³/mol. The molecule has 5 nitrogen and oxygen atoms in total. The first-order valence-corrected chi connectivity index (χ1v) is 6.68. The van der Waals surface area contributed by atoms with Gasteiger partial charge in [-0.3, -0.25) is 4.68 Å². The number of carboxylic acid groups (broad SMARTS) is 1. The number of hydrogen-bond acceptors (Lipinski definition) is 3. The van der Waals surface area contributed by atoms with Crippen LogP contribution in [0.4, 0.5) is 0 Å². The van der Waals surface area contributed by atoms with Crippen LogP contribution in [0.2, 0.25) is 0 Å². The Kier molecular flexibility index (Phi) is 2.86. The van der Waals surface area contributed by atoms with Crippen LogP contribution in [-0.4, -0.2) is 20.9 Å². The van der Waals surface area contributed by atoms with Gasteiger partial charge in [-0.25, -0.2) is 4.79 Å². The van der Waals surface area contributed by atoms with E-state index < -0.39 is 5.97 Å². The van der Waals surface area contributed by atoms with Gasteiger partial charge >= 0.3 is 5.97 Å². The van der Waals surface area contributed by atoms with Crippen molar-refractivity contribution in [2.24, 2.45) is 0 Å². The Morgan fingerprint density at radius 1 is 1.29 bits per heavy atom. The zero-order valence-corrected chi connectivity index (χ0v) is 12.1. The number of furan rings is 1. The molecule has 0 spiro atoms. The topological polar surface area (TPSA) is 68.3 Å². The van der Waals surface area contributed by atoms with Crippen molar-refractivity contribution < 1.29 is 14.3 Å². The lowest BCUT2D eigenvalue weighted by molar-refractivity contribution is 0.0697. The van der Waals surface area contributed by atoms with Crippen molar-refractivity contribution in [2.75, 3.05) is 0 Å². The van der Waals surface area contributed by atoms with Crippen molar-refractivity contribution >= 4 is 16.9 Å². The Morgan fingerprint density at radius 3 is 2.62 bits per heavy atom. The Balaban J connectivity index is 2.20. The fraction of sp³-hybridized carbons (Fsp3) is 0.250. The van der Waals surface area contributed by atoms with Gasteiger partial charge in [-0.2, -0.15) is 5.10 Å². The molecule has 3 aromatic rings. The van der Waals surface area contributed by atoms with Crippen molar-refractivity contribution in [3.05, 3.63) is 42.1 Å². The fourth-order valence-electron chi connectivity index (χ4n) is 2.15. The normalized spacial score (nSPS) is 12.0. The van der Waals surface area contributed by atoms with Gasteiger partial charge in [-0.15, -0.1) is 0 Å². The summed E-state index contributed by atoms with van der Waals surface area (Å²) in [6.45, 7) is 5.90. The van der Waals surface area contributed by atoms with E-state index in [1.54, 1.807) is 10.9 Å². The summed E-state index contributed by atoms with van der Waals surface area (Å²) in [5.74, 6) is -0.544. The van der Waals surface area contributed by atoms with E-state index in [0.717, 1.165) is 5.39 Å². The number of hydrogen-bond donors (Lipinski definition) is 1. The highest BCUT2D eigenvalue weighted by molar-refractivity contribution is 5.95. The van der Waals surface area contributed by atoms with E-state index in [-0.39, 0.29) is 11.1 Å². The zero-order valence-electron chi connectivity index (χ0n) is 12.1. The van der Waals surface area contributed by atoms with E-state index in [9.17, 15) is 9.90 Å². The molecule has 0 aliphatic carbocycles. The molecule has 0 unspecified atom stereocenters. The van der Waals surface area contributed by atoms with Gasteiger partial charge in [0.25, 0.3) is 0 Å². The van der Waals surface area contributed by atoms with Gasteiger partial charge < -0.3 is 9.52 Å². The smallest absolute Gasteiger partial charge is 0.339 e. The summed E-state index contributed by atoms with van der Waals surface area (Å²) in [7, 11) is 0. The van der Waals surface area contributed by atoms with Gasteiger partial charge in [0.15, 0.2) is 5.76 Å². The maximum atomic E-state index is 11.5. The van der Waals surface area contributed by atoms with Crippen LogP contribution in [0.15, 0.2) is 40.9 Å². The quantitative estimate of drug-likeness (QED) is 0.778. The second-order valence-corrected chi connectivity index (χ2v) is 5.96. The van der Waals surface area contributed by atoms with E-state index in [4.69, 9.17) is 4.42 Å². The molecule has 0 aliphatic heterocycles. The third-order valence-corrected chi connectivity index (χ3v) is 3.29. The molecule has 2 aromatic heterocycles. The molecular formula is C16H16N2O3. The van der Waals surface area contributed by atoms with E-state index in [0.29, 0.717) is 17.0 Å². The lowest BCUT2D eigenvalue weighted by Gasteiger charge is -2.18. The Hall–Kier alpha value is -2.56. The number of nitrogens with zero attached hydrogens (tertiary/aromatic N) is 2. The highest BCUT2D eigenvalue weighted by Crippen LogP contribution is 2.30. The summed E-state index contributed by atoms with van der Waals surface area (Å²) in [5, 5.41) is 14.7. The molecule has 0 radical (unpaired) electrons. The molecule has 108 valence electrons. The Labute approximate surface area is 121 Å². The van der Waals surface area contributed by atoms with Crippen molar-refractivity contribution in [2.45, 2.75) is 26.3 Å². The largest absolute Gasteiger partial charge is 0.478 e. The summed E-state index contributed by atoms with van der Waals surface area (Å²) in [6, 6.07) is 9.37. The van der Waals surface area contributed by atoms with Crippen LogP contribution in [0.5, 0.6) is 0 Å². The molecule has 3 rings (SSSR count). The van der Waals surface area contributed by atoms with Gasteiger partial charge in [0.1, 0.15) is 16.8 Å². The number of carbonyl (C=O) groups is 1. The number of carboxylic acids is 1. The van der Waals surface area contributed by atoms with Crippen LogP contribution >= 0.6 is 0 Å². The summed E-state index contributed by atoms with van der Waals surface area (Å²) >= 11 is 0. The minimum absolute atomic E-state index is 0.143. The molecule has 0 aliphatic rings. The molecule has 5 heteroatoms. The van der Waals surface area contributed by atoms with Crippen molar-refractivity contribution in [3.63, 3.8) is 0 Å². The molecule has 0 fully saturated rings. The lowest BCUT2D eigenvalue weighted by Crippen LogP contribution is -2.22. The number of para-hydroxylation sites is 1. The molecule has 21 heavy (non-hydrogen) atoms. The molecule has 0 saturated heterocycles. The first-order valence-electron chi connectivity index (χ1n) is 6.68. The number of aromatic carboxylic acids is 1. The highest BCUT2D eigenvalue weighted by atomic mass is 16.4. The summed E-state index contributed by atoms with van der Waals surface area (Å²) in [6.07, 6.45) is 1.55. The number of fused-ring (bicyclic) bond motifs is 1. The van der Waals surface area contributed by atoms with E-state index in [2.05, 4.69) is 5.10 Å². The van der Waals surface area contributed by atoms with Crippen molar-refractivity contribution in [1.82, 2.24) is 9.78 Å². The first-order chi connectivity index (χ1) is 9.86. The van der Waals surface area contributed by atoms with Crippen LogP contribution in [0.1, 0.15) is 31.1 Å². The van der Waals surface area contributed by atoms with Crippen LogP contribution in [0.3, 0.4) is 0 Å². The minimum Gasteiger partial charge on any atom is -0.478 e. The minimum atomic E-state index is -1.01. The Morgan fingerprint density at radius 2 is 2.00 bits per heavy atom. The third kappa shape index (κ3) is 2.31. The van der Waals surface area contributed by atoms with Crippen molar-refractivity contribution in [1.29, 1.82) is 0 Å². The maximum Gasteiger partial charge on any atom is 0.339 e. The highest BCUT2D eigenvalue weighted by Gasteiger charge is 2.24. The van der Waals surface area contributed by atoms with E-state index >= 15 is 0 Å². The molecule has 1 N–H and O–H groups in total. The van der Waals surface area contributed by atoms with Crippen LogP contribution in [0, 0.1) is 0 Å². The average molecular weight is 284 g/mol. The molecule has 1 aromatic carbocycles. The summed E-state index contributed by atoms with van der Waals surface area (Å²) in [5.41, 5.74) is 0.917. The fourth-order valence-corrected chi connectivity index (χ4v) is 2.15. The number of rotatable bonds is 2. The summed E-state index contributed by atoms with van der Waals surface area (Å²) < 4.78 is 7.38.